The topological polar surface area (TPSA) is 47.6 Å². The van der Waals surface area contributed by atoms with Gasteiger partial charge in [0, 0.05) is 12.1 Å². The molecule has 0 fully saturated rings. The molecule has 0 saturated heterocycles. The highest BCUT2D eigenvalue weighted by molar-refractivity contribution is 5.81. The number of benzene rings is 2. The van der Waals surface area contributed by atoms with E-state index in [1.165, 1.54) is 6.07 Å². The molecule has 0 aliphatic carbocycles. The molecule has 2 aromatic carbocycles. The van der Waals surface area contributed by atoms with Gasteiger partial charge in [-0.25, -0.2) is 4.39 Å². The van der Waals surface area contributed by atoms with Gasteiger partial charge < -0.3 is 14.8 Å². The van der Waals surface area contributed by atoms with Gasteiger partial charge in [0.15, 0.2) is 17.6 Å². The minimum Gasteiger partial charge on any atom is -0.493 e. The fourth-order valence-electron chi connectivity index (χ4n) is 2.13. The number of amides is 1. The largest absolute Gasteiger partial charge is 0.493 e. The highest BCUT2D eigenvalue weighted by Crippen LogP contribution is 2.27. The Bertz CT molecular complexity index is 660. The summed E-state index contributed by atoms with van der Waals surface area (Å²) in [5.74, 6) is 0.434. The average molecular weight is 317 g/mol. The molecule has 1 unspecified atom stereocenters. The zero-order chi connectivity index (χ0) is 16.7. The van der Waals surface area contributed by atoms with Crippen LogP contribution in [0.2, 0.25) is 0 Å². The number of ether oxygens (including phenoxy) is 2. The second-order valence-electron chi connectivity index (χ2n) is 4.97. The second-order valence-corrected chi connectivity index (χ2v) is 4.97. The van der Waals surface area contributed by atoms with Crippen LogP contribution in [0.4, 0.5) is 4.39 Å². The van der Waals surface area contributed by atoms with Crippen LogP contribution in [0.15, 0.2) is 48.5 Å². The molecule has 4 nitrogen and oxygen atoms in total. The van der Waals surface area contributed by atoms with Crippen molar-refractivity contribution in [3.05, 3.63) is 59.9 Å². The Morgan fingerprint density at radius 2 is 1.78 bits per heavy atom. The van der Waals surface area contributed by atoms with Gasteiger partial charge in [0.2, 0.25) is 0 Å². The first-order valence-corrected chi connectivity index (χ1v) is 7.46. The highest BCUT2D eigenvalue weighted by atomic mass is 19.1. The SMILES string of the molecule is CCC(Oc1ccccc1OC)C(=O)NCc1ccccc1F. The van der Waals surface area contributed by atoms with Crippen LogP contribution in [-0.4, -0.2) is 19.1 Å². The van der Waals surface area contributed by atoms with E-state index < -0.39 is 6.10 Å². The molecule has 0 bridgehead atoms. The number of carbonyl (C=O) groups is 1. The van der Waals surface area contributed by atoms with Crippen LogP contribution < -0.4 is 14.8 Å². The molecule has 122 valence electrons. The van der Waals surface area contributed by atoms with Gasteiger partial charge in [-0.3, -0.25) is 4.79 Å². The summed E-state index contributed by atoms with van der Waals surface area (Å²) in [5.41, 5.74) is 0.438. The lowest BCUT2D eigenvalue weighted by Gasteiger charge is -2.19. The molecule has 23 heavy (non-hydrogen) atoms. The van der Waals surface area contributed by atoms with Gasteiger partial charge in [-0.1, -0.05) is 37.3 Å². The van der Waals surface area contributed by atoms with Crippen molar-refractivity contribution in [1.82, 2.24) is 5.32 Å². The summed E-state index contributed by atoms with van der Waals surface area (Å²) in [4.78, 5) is 12.3. The quantitative estimate of drug-likeness (QED) is 0.852. The molecule has 1 N–H and O–H groups in total. The first-order chi connectivity index (χ1) is 11.2. The smallest absolute Gasteiger partial charge is 0.261 e. The van der Waals surface area contributed by atoms with Crippen LogP contribution in [0.25, 0.3) is 0 Å². The van der Waals surface area contributed by atoms with E-state index in [1.807, 2.05) is 19.1 Å². The second kappa shape index (κ2) is 8.17. The van der Waals surface area contributed by atoms with Crippen LogP contribution in [0.1, 0.15) is 18.9 Å². The molecule has 5 heteroatoms. The van der Waals surface area contributed by atoms with E-state index >= 15 is 0 Å². The van der Waals surface area contributed by atoms with Gasteiger partial charge in [-0.05, 0) is 24.6 Å². The third kappa shape index (κ3) is 4.45. The molecular weight excluding hydrogens is 297 g/mol. The minimum absolute atomic E-state index is 0.122. The standard InChI is InChI=1S/C18H20FNO3/c1-3-15(23-17-11-7-6-10-16(17)22-2)18(21)20-12-13-8-4-5-9-14(13)19/h4-11,15H,3,12H2,1-2H3,(H,20,21). The Morgan fingerprint density at radius 1 is 1.13 bits per heavy atom. The van der Waals surface area contributed by atoms with Crippen molar-refractivity contribution in [3.63, 3.8) is 0 Å². The number of nitrogens with one attached hydrogen (secondary N) is 1. The lowest BCUT2D eigenvalue weighted by molar-refractivity contribution is -0.128. The third-order valence-corrected chi connectivity index (χ3v) is 3.41. The van der Waals surface area contributed by atoms with Crippen molar-refractivity contribution in [2.24, 2.45) is 0 Å². The summed E-state index contributed by atoms with van der Waals surface area (Å²) in [7, 11) is 1.54. The van der Waals surface area contributed by atoms with Crippen molar-refractivity contribution >= 4 is 5.91 Å². The lowest BCUT2D eigenvalue weighted by atomic mass is 10.2. The van der Waals surface area contributed by atoms with Crippen LogP contribution in [-0.2, 0) is 11.3 Å². The first kappa shape index (κ1) is 16.8. The molecule has 0 spiro atoms. The van der Waals surface area contributed by atoms with E-state index in [0.717, 1.165) is 0 Å². The number of para-hydroxylation sites is 2. The Balaban J connectivity index is 2.00. The molecule has 0 radical (unpaired) electrons. The van der Waals surface area contributed by atoms with E-state index in [9.17, 15) is 9.18 Å². The van der Waals surface area contributed by atoms with Gasteiger partial charge in [-0.15, -0.1) is 0 Å². The van der Waals surface area contributed by atoms with E-state index in [-0.39, 0.29) is 18.3 Å². The molecular formula is C18H20FNO3. The Kier molecular flexibility index (Phi) is 5.97. The number of hydrogen-bond donors (Lipinski definition) is 1. The van der Waals surface area contributed by atoms with E-state index in [4.69, 9.17) is 9.47 Å². The van der Waals surface area contributed by atoms with Crippen molar-refractivity contribution in [1.29, 1.82) is 0 Å². The maximum absolute atomic E-state index is 13.6. The monoisotopic (exact) mass is 317 g/mol. The molecule has 0 heterocycles. The Morgan fingerprint density at radius 3 is 2.43 bits per heavy atom. The van der Waals surface area contributed by atoms with Gasteiger partial charge in [-0.2, -0.15) is 0 Å². The lowest BCUT2D eigenvalue weighted by Crippen LogP contribution is -2.37. The number of rotatable bonds is 7. The summed E-state index contributed by atoms with van der Waals surface area (Å²) in [5, 5.41) is 2.70. The molecule has 2 aromatic rings. The zero-order valence-electron chi connectivity index (χ0n) is 13.2. The fraction of sp³-hybridized carbons (Fsp3) is 0.278. The summed E-state index contributed by atoms with van der Waals surface area (Å²) >= 11 is 0. The predicted octanol–water partition coefficient (Wildman–Crippen LogP) is 3.31. The zero-order valence-corrected chi connectivity index (χ0v) is 13.2. The average Bonchev–Trinajstić information content (AvgIpc) is 2.59. The van der Waals surface area contributed by atoms with Gasteiger partial charge in [0.05, 0.1) is 7.11 Å². The van der Waals surface area contributed by atoms with Gasteiger partial charge in [0.1, 0.15) is 5.82 Å². The summed E-state index contributed by atoms with van der Waals surface area (Å²) in [6, 6.07) is 13.5. The Hall–Kier alpha value is -2.56. The summed E-state index contributed by atoms with van der Waals surface area (Å²) in [6.07, 6.45) is -0.181. The van der Waals surface area contributed by atoms with Crippen LogP contribution in [0, 0.1) is 5.82 Å². The molecule has 0 aromatic heterocycles. The van der Waals surface area contributed by atoms with E-state index in [0.29, 0.717) is 23.5 Å². The minimum atomic E-state index is -0.668. The van der Waals surface area contributed by atoms with Crippen LogP contribution >= 0.6 is 0 Å². The highest BCUT2D eigenvalue weighted by Gasteiger charge is 2.20. The van der Waals surface area contributed by atoms with Crippen molar-refractivity contribution < 1.29 is 18.7 Å². The van der Waals surface area contributed by atoms with E-state index in [1.54, 1.807) is 37.4 Å². The molecule has 0 aliphatic rings. The molecule has 1 atom stereocenters. The predicted molar refractivity (Wildman–Crippen MR) is 85.9 cm³/mol. The molecule has 0 aliphatic heterocycles. The number of methoxy groups -OCH3 is 1. The van der Waals surface area contributed by atoms with Crippen LogP contribution in [0.3, 0.4) is 0 Å². The van der Waals surface area contributed by atoms with Crippen molar-refractivity contribution in [2.45, 2.75) is 26.0 Å². The molecule has 2 rings (SSSR count). The number of carbonyl (C=O) groups excluding carboxylic acids is 1. The maximum Gasteiger partial charge on any atom is 0.261 e. The molecule has 0 saturated carbocycles. The van der Waals surface area contributed by atoms with Gasteiger partial charge in [0.25, 0.3) is 5.91 Å². The van der Waals surface area contributed by atoms with E-state index in [2.05, 4.69) is 5.32 Å². The van der Waals surface area contributed by atoms with Gasteiger partial charge >= 0.3 is 0 Å². The maximum atomic E-state index is 13.6. The Labute approximate surface area is 135 Å². The number of halogens is 1. The summed E-state index contributed by atoms with van der Waals surface area (Å²) in [6.45, 7) is 1.97. The first-order valence-electron chi connectivity index (χ1n) is 7.46. The summed E-state index contributed by atoms with van der Waals surface area (Å²) < 4.78 is 24.5. The van der Waals surface area contributed by atoms with Crippen molar-refractivity contribution in [2.75, 3.05) is 7.11 Å². The normalized spacial score (nSPS) is 11.6. The third-order valence-electron chi connectivity index (χ3n) is 3.41. The fourth-order valence-corrected chi connectivity index (χ4v) is 2.13. The molecule has 1 amide bonds. The van der Waals surface area contributed by atoms with Crippen LogP contribution in [0.5, 0.6) is 11.5 Å². The number of hydrogen-bond acceptors (Lipinski definition) is 3. The van der Waals surface area contributed by atoms with Crippen molar-refractivity contribution in [3.8, 4) is 11.5 Å².